The molecule has 0 fully saturated rings. The van der Waals surface area contributed by atoms with Gasteiger partial charge in [-0.2, -0.15) is 0 Å². The molecule has 0 aliphatic heterocycles. The highest BCUT2D eigenvalue weighted by molar-refractivity contribution is 6.35. The molecular formula is C15H14Cl2FNO. The molecule has 0 saturated carbocycles. The number of anilines is 1. The summed E-state index contributed by atoms with van der Waals surface area (Å²) in [6.45, 7) is 2.12. The lowest BCUT2D eigenvalue weighted by Crippen LogP contribution is -2.12. The Kier molecular flexibility index (Phi) is 4.86. The van der Waals surface area contributed by atoms with Crippen molar-refractivity contribution in [2.45, 2.75) is 13.0 Å². The van der Waals surface area contributed by atoms with E-state index in [9.17, 15) is 9.50 Å². The molecule has 20 heavy (non-hydrogen) atoms. The van der Waals surface area contributed by atoms with Crippen LogP contribution in [0.5, 0.6) is 0 Å². The number of aliphatic hydroxyl groups is 1. The van der Waals surface area contributed by atoms with E-state index in [2.05, 4.69) is 5.32 Å². The lowest BCUT2D eigenvalue weighted by molar-refractivity contribution is 0.191. The number of rotatable bonds is 4. The van der Waals surface area contributed by atoms with Gasteiger partial charge in [0.05, 0.1) is 16.8 Å². The summed E-state index contributed by atoms with van der Waals surface area (Å²) < 4.78 is 12.8. The van der Waals surface area contributed by atoms with Gasteiger partial charge in [-0.3, -0.25) is 0 Å². The smallest absolute Gasteiger partial charge is 0.123 e. The van der Waals surface area contributed by atoms with E-state index in [4.69, 9.17) is 23.2 Å². The molecule has 5 heteroatoms. The Labute approximate surface area is 127 Å². The van der Waals surface area contributed by atoms with E-state index in [0.717, 1.165) is 5.56 Å². The quantitative estimate of drug-likeness (QED) is 0.865. The molecule has 0 spiro atoms. The summed E-state index contributed by atoms with van der Waals surface area (Å²) in [5.74, 6) is -0.331. The molecule has 0 aliphatic rings. The largest absolute Gasteiger partial charge is 0.387 e. The molecule has 0 heterocycles. The van der Waals surface area contributed by atoms with Crippen LogP contribution in [0, 0.1) is 12.7 Å². The molecule has 2 aromatic carbocycles. The van der Waals surface area contributed by atoms with Crippen LogP contribution in [-0.2, 0) is 0 Å². The van der Waals surface area contributed by atoms with Crippen molar-refractivity contribution in [1.82, 2.24) is 0 Å². The Morgan fingerprint density at radius 3 is 2.45 bits per heavy atom. The van der Waals surface area contributed by atoms with Crippen LogP contribution in [0.15, 0.2) is 36.4 Å². The standard InChI is InChI=1S/C15H14Cl2FNO/c1-9-6-13(17)14(7-12(9)16)19-8-15(20)10-2-4-11(18)5-3-10/h2-7,15,19-20H,8H2,1H3. The van der Waals surface area contributed by atoms with Crippen molar-refractivity contribution in [2.75, 3.05) is 11.9 Å². The van der Waals surface area contributed by atoms with Gasteiger partial charge in [0, 0.05) is 11.6 Å². The summed E-state index contributed by atoms with van der Waals surface area (Å²) in [5.41, 5.74) is 2.18. The van der Waals surface area contributed by atoms with E-state index in [1.54, 1.807) is 24.3 Å². The van der Waals surface area contributed by atoms with E-state index >= 15 is 0 Å². The molecule has 0 amide bonds. The molecule has 106 valence electrons. The number of aryl methyl sites for hydroxylation is 1. The highest BCUT2D eigenvalue weighted by Gasteiger charge is 2.10. The Balaban J connectivity index is 2.05. The Hall–Kier alpha value is -1.29. The van der Waals surface area contributed by atoms with E-state index < -0.39 is 6.10 Å². The maximum absolute atomic E-state index is 12.8. The average Bonchev–Trinajstić information content (AvgIpc) is 2.42. The molecule has 2 nitrogen and oxygen atoms in total. The lowest BCUT2D eigenvalue weighted by Gasteiger charge is -2.15. The number of benzene rings is 2. The van der Waals surface area contributed by atoms with Crippen molar-refractivity contribution >= 4 is 28.9 Å². The van der Waals surface area contributed by atoms with Crippen LogP contribution in [0.4, 0.5) is 10.1 Å². The zero-order valence-electron chi connectivity index (χ0n) is 10.8. The van der Waals surface area contributed by atoms with Crippen molar-refractivity contribution in [1.29, 1.82) is 0 Å². The third-order valence-corrected chi connectivity index (χ3v) is 3.71. The Morgan fingerprint density at radius 2 is 1.80 bits per heavy atom. The van der Waals surface area contributed by atoms with Crippen LogP contribution in [0.25, 0.3) is 0 Å². The summed E-state index contributed by atoms with van der Waals surface area (Å²) in [7, 11) is 0. The first-order valence-corrected chi connectivity index (χ1v) is 6.86. The first-order valence-electron chi connectivity index (χ1n) is 6.10. The van der Waals surface area contributed by atoms with Crippen molar-refractivity contribution < 1.29 is 9.50 Å². The second kappa shape index (κ2) is 6.44. The van der Waals surface area contributed by atoms with Gasteiger partial charge in [-0.25, -0.2) is 4.39 Å². The number of aliphatic hydroxyl groups excluding tert-OH is 1. The molecule has 2 rings (SSSR count). The second-order valence-electron chi connectivity index (χ2n) is 4.53. The van der Waals surface area contributed by atoms with E-state index in [0.29, 0.717) is 21.3 Å². The van der Waals surface area contributed by atoms with Gasteiger partial charge in [0.15, 0.2) is 0 Å². The summed E-state index contributed by atoms with van der Waals surface area (Å²) in [5, 5.41) is 14.2. The predicted octanol–water partition coefficient (Wildman–Crippen LogP) is 4.59. The summed E-state index contributed by atoms with van der Waals surface area (Å²) in [6.07, 6.45) is -0.758. The molecule has 0 radical (unpaired) electrons. The number of nitrogens with one attached hydrogen (secondary N) is 1. The van der Waals surface area contributed by atoms with Gasteiger partial charge >= 0.3 is 0 Å². The molecule has 0 saturated heterocycles. The molecule has 1 unspecified atom stereocenters. The predicted molar refractivity (Wildman–Crippen MR) is 81.0 cm³/mol. The molecule has 1 atom stereocenters. The minimum atomic E-state index is -0.758. The molecule has 0 bridgehead atoms. The van der Waals surface area contributed by atoms with Gasteiger partial charge < -0.3 is 10.4 Å². The van der Waals surface area contributed by atoms with Crippen LogP contribution < -0.4 is 5.32 Å². The van der Waals surface area contributed by atoms with Crippen molar-refractivity contribution in [2.24, 2.45) is 0 Å². The maximum atomic E-state index is 12.8. The van der Waals surface area contributed by atoms with Gasteiger partial charge in [0.1, 0.15) is 5.82 Å². The number of halogens is 3. The zero-order valence-corrected chi connectivity index (χ0v) is 12.3. The number of hydrogen-bond donors (Lipinski definition) is 2. The van der Waals surface area contributed by atoms with Crippen molar-refractivity contribution in [3.63, 3.8) is 0 Å². The van der Waals surface area contributed by atoms with Gasteiger partial charge in [-0.05, 0) is 42.3 Å². The second-order valence-corrected chi connectivity index (χ2v) is 5.34. The third kappa shape index (κ3) is 3.63. The fraction of sp³-hybridized carbons (Fsp3) is 0.200. The fourth-order valence-corrected chi connectivity index (χ4v) is 2.24. The molecule has 0 aliphatic carbocycles. The van der Waals surface area contributed by atoms with E-state index in [1.165, 1.54) is 12.1 Å². The van der Waals surface area contributed by atoms with Gasteiger partial charge in [-0.1, -0.05) is 35.3 Å². The van der Waals surface area contributed by atoms with Crippen LogP contribution in [-0.4, -0.2) is 11.7 Å². The summed E-state index contributed by atoms with van der Waals surface area (Å²) in [4.78, 5) is 0. The fourth-order valence-electron chi connectivity index (χ4n) is 1.79. The first kappa shape index (κ1) is 15.1. The van der Waals surface area contributed by atoms with E-state index in [1.807, 2.05) is 6.92 Å². The number of hydrogen-bond acceptors (Lipinski definition) is 2. The van der Waals surface area contributed by atoms with Crippen LogP contribution in [0.2, 0.25) is 10.0 Å². The van der Waals surface area contributed by atoms with Gasteiger partial charge in [0.2, 0.25) is 0 Å². The van der Waals surface area contributed by atoms with Gasteiger partial charge in [0.25, 0.3) is 0 Å². The molecule has 0 aromatic heterocycles. The highest BCUT2D eigenvalue weighted by atomic mass is 35.5. The first-order chi connectivity index (χ1) is 9.47. The summed E-state index contributed by atoms with van der Waals surface area (Å²) >= 11 is 12.1. The maximum Gasteiger partial charge on any atom is 0.123 e. The Bertz CT molecular complexity index is 602. The molecule has 2 aromatic rings. The topological polar surface area (TPSA) is 32.3 Å². The minimum Gasteiger partial charge on any atom is -0.387 e. The lowest BCUT2D eigenvalue weighted by atomic mass is 10.1. The van der Waals surface area contributed by atoms with Crippen LogP contribution in [0.1, 0.15) is 17.2 Å². The highest BCUT2D eigenvalue weighted by Crippen LogP contribution is 2.29. The zero-order chi connectivity index (χ0) is 14.7. The third-order valence-electron chi connectivity index (χ3n) is 2.99. The van der Waals surface area contributed by atoms with Crippen LogP contribution >= 0.6 is 23.2 Å². The SMILES string of the molecule is Cc1cc(Cl)c(NCC(O)c2ccc(F)cc2)cc1Cl. The monoisotopic (exact) mass is 313 g/mol. The average molecular weight is 314 g/mol. The molecular weight excluding hydrogens is 300 g/mol. The van der Waals surface area contributed by atoms with Gasteiger partial charge in [-0.15, -0.1) is 0 Å². The van der Waals surface area contributed by atoms with Crippen molar-refractivity contribution in [3.8, 4) is 0 Å². The van der Waals surface area contributed by atoms with Crippen molar-refractivity contribution in [3.05, 3.63) is 63.4 Å². The Morgan fingerprint density at radius 1 is 1.15 bits per heavy atom. The molecule has 2 N–H and O–H groups in total. The van der Waals surface area contributed by atoms with E-state index in [-0.39, 0.29) is 12.4 Å². The van der Waals surface area contributed by atoms with Crippen LogP contribution in [0.3, 0.4) is 0 Å². The minimum absolute atomic E-state index is 0.255. The normalized spacial score (nSPS) is 12.2. The summed E-state index contributed by atoms with van der Waals surface area (Å²) in [6, 6.07) is 9.20.